The Morgan fingerprint density at radius 2 is 1.93 bits per heavy atom. The highest BCUT2D eigenvalue weighted by molar-refractivity contribution is 7.99. The summed E-state index contributed by atoms with van der Waals surface area (Å²) in [6, 6.07) is 9.48. The maximum absolute atomic E-state index is 12.0. The number of fused-ring (bicyclic) bond motifs is 1. The lowest BCUT2D eigenvalue weighted by Gasteiger charge is -2.10. The highest BCUT2D eigenvalue weighted by Gasteiger charge is 2.15. The van der Waals surface area contributed by atoms with Crippen molar-refractivity contribution in [3.63, 3.8) is 0 Å². The van der Waals surface area contributed by atoms with Gasteiger partial charge in [-0.3, -0.25) is 4.79 Å². The lowest BCUT2D eigenvalue weighted by Crippen LogP contribution is -2.22. The molecule has 0 aliphatic heterocycles. The van der Waals surface area contributed by atoms with Gasteiger partial charge in [0.1, 0.15) is 12.2 Å². The van der Waals surface area contributed by atoms with Crippen LogP contribution in [-0.2, 0) is 24.1 Å². The zero-order valence-corrected chi connectivity index (χ0v) is 19.0. The number of sulfone groups is 1. The Kier molecular flexibility index (Phi) is 9.61. The van der Waals surface area contributed by atoms with Crippen molar-refractivity contribution >= 4 is 50.8 Å². The summed E-state index contributed by atoms with van der Waals surface area (Å²) >= 11 is 6.74. The van der Waals surface area contributed by atoms with Crippen LogP contribution in [0.4, 0.5) is 0 Å². The average molecular weight is 459 g/mol. The van der Waals surface area contributed by atoms with E-state index in [0.29, 0.717) is 23.5 Å². The Hall–Kier alpha value is -1.42. The van der Waals surface area contributed by atoms with Gasteiger partial charge in [0.05, 0.1) is 30.6 Å². The molecule has 1 aromatic carbocycles. The zero-order chi connectivity index (χ0) is 21.3. The largest absolute Gasteiger partial charge is 0.464 e. The quantitative estimate of drug-likeness (QED) is 0.202. The van der Waals surface area contributed by atoms with E-state index in [0.717, 1.165) is 15.9 Å². The van der Waals surface area contributed by atoms with Gasteiger partial charge < -0.3 is 13.9 Å². The molecular formula is C20H26O6S3. The van der Waals surface area contributed by atoms with E-state index in [9.17, 15) is 13.2 Å². The first-order valence-corrected chi connectivity index (χ1v) is 12.6. The molecule has 160 valence electrons. The second-order valence-corrected chi connectivity index (χ2v) is 10.4. The van der Waals surface area contributed by atoms with Crippen molar-refractivity contribution in [3.05, 3.63) is 35.0 Å². The summed E-state index contributed by atoms with van der Waals surface area (Å²) < 4.78 is 40.4. The number of ether oxygens (including phenoxy) is 2. The van der Waals surface area contributed by atoms with Gasteiger partial charge >= 0.3 is 5.97 Å². The first kappa shape index (κ1) is 23.9. The van der Waals surface area contributed by atoms with Gasteiger partial charge in [-0.25, -0.2) is 8.42 Å². The van der Waals surface area contributed by atoms with Crippen LogP contribution in [-0.4, -0.2) is 51.5 Å². The number of hydrogen-bond donors (Lipinski definition) is 0. The Morgan fingerprint density at radius 1 is 1.21 bits per heavy atom. The molecule has 2 aromatic rings. The Bertz CT molecular complexity index is 968. The molecule has 0 spiro atoms. The van der Waals surface area contributed by atoms with Gasteiger partial charge in [-0.05, 0) is 24.7 Å². The number of esters is 1. The molecule has 0 bridgehead atoms. The summed E-state index contributed by atoms with van der Waals surface area (Å²) in [7, 11) is -3.32. The van der Waals surface area contributed by atoms with E-state index in [-0.39, 0.29) is 36.6 Å². The predicted octanol–water partition coefficient (Wildman–Crippen LogP) is 4.28. The summed E-state index contributed by atoms with van der Waals surface area (Å²) in [6.07, 6.45) is 0.665. The number of carbonyl (C=O) groups is 1. The molecule has 1 atom stereocenters. The van der Waals surface area contributed by atoms with Crippen LogP contribution in [0.1, 0.15) is 20.3 Å². The molecule has 1 unspecified atom stereocenters. The van der Waals surface area contributed by atoms with E-state index in [1.165, 1.54) is 0 Å². The second-order valence-electron chi connectivity index (χ2n) is 6.52. The van der Waals surface area contributed by atoms with Gasteiger partial charge in [0.2, 0.25) is 0 Å². The minimum Gasteiger partial charge on any atom is -0.464 e. The zero-order valence-electron chi connectivity index (χ0n) is 16.6. The van der Waals surface area contributed by atoms with Crippen LogP contribution in [0.25, 0.3) is 11.0 Å². The molecule has 0 saturated carbocycles. The third-order valence-corrected chi connectivity index (χ3v) is 7.09. The summed E-state index contributed by atoms with van der Waals surface area (Å²) in [5.41, 5.74) is 0.739. The van der Waals surface area contributed by atoms with Gasteiger partial charge in [0, 0.05) is 22.1 Å². The first-order chi connectivity index (χ1) is 13.8. The number of benzene rings is 1. The maximum atomic E-state index is 12.0. The van der Waals surface area contributed by atoms with E-state index in [2.05, 4.69) is 0 Å². The van der Waals surface area contributed by atoms with Gasteiger partial charge in [-0.15, -0.1) is 11.8 Å². The standard InChI is InChI=1S/C20H26O6S3/c1-3-15(2)20(21)25-10-13-29(22,23)12-9-24-8-11-28-18-14-19(27)26-17-7-5-4-6-16(17)18/h4-7,14-15H,3,8-13H2,1-2H3. The molecule has 0 aliphatic carbocycles. The van der Waals surface area contributed by atoms with E-state index in [1.807, 2.05) is 37.3 Å². The van der Waals surface area contributed by atoms with Gasteiger partial charge in [-0.1, -0.05) is 32.0 Å². The van der Waals surface area contributed by atoms with Crippen molar-refractivity contribution in [2.24, 2.45) is 5.92 Å². The molecular weight excluding hydrogens is 432 g/mol. The van der Waals surface area contributed by atoms with Crippen LogP contribution in [0, 0.1) is 10.6 Å². The predicted molar refractivity (Wildman–Crippen MR) is 118 cm³/mol. The molecule has 0 amide bonds. The third kappa shape index (κ3) is 8.08. The van der Waals surface area contributed by atoms with Gasteiger partial charge in [0.25, 0.3) is 0 Å². The van der Waals surface area contributed by atoms with Crippen molar-refractivity contribution in [2.75, 3.05) is 37.1 Å². The molecule has 2 rings (SSSR count). The van der Waals surface area contributed by atoms with Crippen molar-refractivity contribution in [1.29, 1.82) is 0 Å². The third-order valence-electron chi connectivity index (χ3n) is 4.29. The normalized spacial score (nSPS) is 12.8. The van der Waals surface area contributed by atoms with E-state index < -0.39 is 9.84 Å². The molecule has 0 fully saturated rings. The molecule has 0 radical (unpaired) electrons. The van der Waals surface area contributed by atoms with Crippen LogP contribution in [0.3, 0.4) is 0 Å². The molecule has 29 heavy (non-hydrogen) atoms. The number of hydrogen-bond acceptors (Lipinski definition) is 8. The number of carbonyl (C=O) groups excluding carboxylic acids is 1. The van der Waals surface area contributed by atoms with Crippen LogP contribution in [0.5, 0.6) is 0 Å². The fraction of sp³-hybridized carbons (Fsp3) is 0.500. The minimum absolute atomic E-state index is 0.0952. The fourth-order valence-electron chi connectivity index (χ4n) is 2.38. The second kappa shape index (κ2) is 11.7. The van der Waals surface area contributed by atoms with E-state index in [1.54, 1.807) is 18.7 Å². The smallest absolute Gasteiger partial charge is 0.308 e. The summed E-state index contributed by atoms with van der Waals surface area (Å²) in [6.45, 7) is 4.04. The minimum atomic E-state index is -3.32. The van der Waals surface area contributed by atoms with Crippen molar-refractivity contribution in [3.8, 4) is 0 Å². The Morgan fingerprint density at radius 3 is 2.69 bits per heavy atom. The van der Waals surface area contributed by atoms with Crippen LogP contribution in [0.15, 0.2) is 39.6 Å². The van der Waals surface area contributed by atoms with E-state index in [4.69, 9.17) is 26.1 Å². The SMILES string of the molecule is CCC(C)C(=O)OCCS(=O)(=O)CCOCCSc1cc(=S)oc2ccccc12. The monoisotopic (exact) mass is 458 g/mol. The molecule has 1 aromatic heterocycles. The van der Waals surface area contributed by atoms with Crippen LogP contribution in [0.2, 0.25) is 0 Å². The number of thioether (sulfide) groups is 1. The molecule has 0 saturated heterocycles. The summed E-state index contributed by atoms with van der Waals surface area (Å²) in [5.74, 6) is -0.198. The molecule has 1 heterocycles. The molecule has 0 N–H and O–H groups in total. The highest BCUT2D eigenvalue weighted by Crippen LogP contribution is 2.28. The Labute approximate surface area is 180 Å². The molecule has 0 aliphatic rings. The number of para-hydroxylation sites is 1. The lowest BCUT2D eigenvalue weighted by molar-refractivity contribution is -0.147. The highest BCUT2D eigenvalue weighted by atomic mass is 32.2. The first-order valence-electron chi connectivity index (χ1n) is 9.43. The Balaban J connectivity index is 1.68. The van der Waals surface area contributed by atoms with Crippen LogP contribution < -0.4 is 0 Å². The van der Waals surface area contributed by atoms with Crippen molar-refractivity contribution in [1.82, 2.24) is 0 Å². The summed E-state index contributed by atoms with van der Waals surface area (Å²) in [5, 5.41) is 0.987. The average Bonchev–Trinajstić information content (AvgIpc) is 2.69. The van der Waals surface area contributed by atoms with Gasteiger partial charge in [0.15, 0.2) is 14.5 Å². The summed E-state index contributed by atoms with van der Waals surface area (Å²) in [4.78, 5) is 12.6. The van der Waals surface area contributed by atoms with E-state index >= 15 is 0 Å². The molecule has 6 nitrogen and oxygen atoms in total. The molecule has 9 heteroatoms. The lowest BCUT2D eigenvalue weighted by atomic mass is 10.1. The number of rotatable bonds is 12. The van der Waals surface area contributed by atoms with Crippen molar-refractivity contribution in [2.45, 2.75) is 25.2 Å². The van der Waals surface area contributed by atoms with Gasteiger partial charge in [-0.2, -0.15) is 0 Å². The topological polar surface area (TPSA) is 82.8 Å². The fourth-order valence-corrected chi connectivity index (χ4v) is 4.51. The van der Waals surface area contributed by atoms with Crippen molar-refractivity contribution < 1.29 is 27.1 Å². The maximum Gasteiger partial charge on any atom is 0.308 e. The van der Waals surface area contributed by atoms with Crippen LogP contribution >= 0.6 is 24.0 Å².